The summed E-state index contributed by atoms with van der Waals surface area (Å²) in [5.41, 5.74) is 8.42. The molecule has 4 aromatic rings. The first kappa shape index (κ1) is 21.5. The van der Waals surface area contributed by atoms with Crippen LogP contribution in [0, 0.1) is 5.92 Å². The van der Waals surface area contributed by atoms with Crippen LogP contribution in [0.15, 0.2) is 30.5 Å². The number of ether oxygens (including phenoxy) is 1. The van der Waals surface area contributed by atoms with Gasteiger partial charge in [-0.2, -0.15) is 5.10 Å². The molecule has 6 rings (SSSR count). The molecule has 176 valence electrons. The molecule has 2 saturated heterocycles. The minimum atomic E-state index is -0.174. The third-order valence-electron chi connectivity index (χ3n) is 6.81. The molecular formula is C24H27N7O2S. The number of anilines is 1. The molecule has 34 heavy (non-hydrogen) atoms. The van der Waals surface area contributed by atoms with Gasteiger partial charge in [-0.05, 0) is 38.1 Å². The van der Waals surface area contributed by atoms with E-state index in [1.807, 2.05) is 18.3 Å². The van der Waals surface area contributed by atoms with Gasteiger partial charge in [-0.25, -0.2) is 9.97 Å². The maximum Gasteiger partial charge on any atom is 0.220 e. The Morgan fingerprint density at radius 1 is 1.18 bits per heavy atom. The number of rotatable bonds is 5. The van der Waals surface area contributed by atoms with Crippen LogP contribution in [-0.4, -0.2) is 70.4 Å². The van der Waals surface area contributed by atoms with E-state index in [2.05, 4.69) is 32.1 Å². The number of amides is 1. The highest BCUT2D eigenvalue weighted by atomic mass is 32.1. The number of aromatic amines is 1. The van der Waals surface area contributed by atoms with Gasteiger partial charge in [-0.15, -0.1) is 11.3 Å². The summed E-state index contributed by atoms with van der Waals surface area (Å²) in [5.74, 6) is 1.53. The number of likely N-dealkylation sites (tertiary alicyclic amines) is 1. The summed E-state index contributed by atoms with van der Waals surface area (Å²) in [7, 11) is 0. The fraction of sp³-hybridized carbons (Fsp3) is 0.417. The number of carbonyl (C=O) groups excluding carboxylic acids is 1. The van der Waals surface area contributed by atoms with Crippen LogP contribution in [0.4, 0.5) is 5.82 Å². The average Bonchev–Trinajstić information content (AvgIpc) is 3.50. The van der Waals surface area contributed by atoms with Crippen LogP contribution in [0.5, 0.6) is 0 Å². The number of hydrogen-bond donors (Lipinski definition) is 2. The average molecular weight is 478 g/mol. The monoisotopic (exact) mass is 477 g/mol. The Kier molecular flexibility index (Phi) is 5.64. The predicted octanol–water partition coefficient (Wildman–Crippen LogP) is 2.77. The molecule has 9 nitrogen and oxygen atoms in total. The van der Waals surface area contributed by atoms with Gasteiger partial charge in [-0.1, -0.05) is 12.1 Å². The molecule has 3 N–H and O–H groups in total. The Hall–Kier alpha value is -3.08. The number of aromatic nitrogens is 4. The summed E-state index contributed by atoms with van der Waals surface area (Å²) in [6.45, 7) is 5.65. The molecule has 0 bridgehead atoms. The largest absolute Gasteiger partial charge is 0.378 e. The van der Waals surface area contributed by atoms with Gasteiger partial charge in [-0.3, -0.25) is 14.8 Å². The highest BCUT2D eigenvalue weighted by Crippen LogP contribution is 2.36. The summed E-state index contributed by atoms with van der Waals surface area (Å²) < 4.78 is 6.71. The molecule has 5 heterocycles. The Bertz CT molecular complexity index is 1340. The van der Waals surface area contributed by atoms with Gasteiger partial charge in [0, 0.05) is 41.4 Å². The normalized spacial score (nSPS) is 18.2. The van der Waals surface area contributed by atoms with Gasteiger partial charge in [0.15, 0.2) is 11.6 Å². The third kappa shape index (κ3) is 4.02. The third-order valence-corrected chi connectivity index (χ3v) is 7.92. The van der Waals surface area contributed by atoms with Crippen LogP contribution in [0.3, 0.4) is 0 Å². The van der Waals surface area contributed by atoms with Gasteiger partial charge in [0.05, 0.1) is 35.1 Å². The minimum Gasteiger partial charge on any atom is -0.378 e. The van der Waals surface area contributed by atoms with E-state index in [9.17, 15) is 4.79 Å². The minimum absolute atomic E-state index is 0.00522. The first-order valence-corrected chi connectivity index (χ1v) is 12.5. The molecule has 0 unspecified atom stereocenters. The lowest BCUT2D eigenvalue weighted by atomic mass is 9.96. The summed E-state index contributed by atoms with van der Waals surface area (Å²) in [6, 6.07) is 8.27. The first-order chi connectivity index (χ1) is 16.7. The maximum absolute atomic E-state index is 11.5. The first-order valence-electron chi connectivity index (χ1n) is 11.7. The molecule has 3 aromatic heterocycles. The highest BCUT2D eigenvalue weighted by molar-refractivity contribution is 7.19. The second-order valence-corrected chi connectivity index (χ2v) is 10.1. The lowest BCUT2D eigenvalue weighted by Crippen LogP contribution is -2.37. The molecule has 10 heteroatoms. The van der Waals surface area contributed by atoms with Crippen LogP contribution < -0.4 is 10.6 Å². The van der Waals surface area contributed by atoms with E-state index in [1.165, 1.54) is 4.88 Å². The van der Waals surface area contributed by atoms with Gasteiger partial charge < -0.3 is 15.4 Å². The molecule has 0 atom stereocenters. The Morgan fingerprint density at radius 3 is 2.79 bits per heavy atom. The van der Waals surface area contributed by atoms with Crippen molar-refractivity contribution >= 4 is 44.2 Å². The standard InChI is InChI=1S/C24H27N7O2S/c25-22(32)15-4-6-30(7-5-15)14-16-12-20-21(34-16)24(31-8-10-33-11-9-31)28-23(27-20)17-2-1-3-19-18(17)13-26-29-19/h1-3,12-13,15H,4-11,14H2,(H2,25,32)(H,26,29). The molecule has 0 saturated carbocycles. The van der Waals surface area contributed by atoms with Crippen molar-refractivity contribution < 1.29 is 9.53 Å². The molecule has 2 aliphatic rings. The Balaban J connectivity index is 1.37. The van der Waals surface area contributed by atoms with Crippen molar-refractivity contribution in [2.24, 2.45) is 11.7 Å². The van der Waals surface area contributed by atoms with E-state index in [1.54, 1.807) is 11.3 Å². The van der Waals surface area contributed by atoms with Gasteiger partial charge in [0.1, 0.15) is 0 Å². The molecule has 0 radical (unpaired) electrons. The SMILES string of the molecule is NC(=O)C1CCN(Cc2cc3nc(-c4cccc5[nH]ncc45)nc(N4CCOCC4)c3s2)CC1. The fourth-order valence-electron chi connectivity index (χ4n) is 4.91. The van der Waals surface area contributed by atoms with Crippen LogP contribution in [-0.2, 0) is 16.1 Å². The van der Waals surface area contributed by atoms with Crippen molar-refractivity contribution in [3.63, 3.8) is 0 Å². The van der Waals surface area contributed by atoms with Gasteiger partial charge >= 0.3 is 0 Å². The van der Waals surface area contributed by atoms with Crippen LogP contribution in [0.1, 0.15) is 17.7 Å². The van der Waals surface area contributed by atoms with Crippen molar-refractivity contribution in [3.8, 4) is 11.4 Å². The number of fused-ring (bicyclic) bond motifs is 2. The van der Waals surface area contributed by atoms with Crippen molar-refractivity contribution in [1.82, 2.24) is 25.1 Å². The van der Waals surface area contributed by atoms with E-state index in [0.717, 1.165) is 78.1 Å². The number of nitrogens with one attached hydrogen (secondary N) is 1. The number of piperidine rings is 1. The Labute approximate surface area is 200 Å². The molecule has 2 aliphatic heterocycles. The van der Waals surface area contributed by atoms with Crippen LogP contribution in [0.25, 0.3) is 32.5 Å². The van der Waals surface area contributed by atoms with Crippen molar-refractivity contribution in [3.05, 3.63) is 35.3 Å². The number of hydrogen-bond acceptors (Lipinski definition) is 8. The molecule has 0 aliphatic carbocycles. The van der Waals surface area contributed by atoms with E-state index in [0.29, 0.717) is 19.0 Å². The highest BCUT2D eigenvalue weighted by Gasteiger charge is 2.25. The van der Waals surface area contributed by atoms with Gasteiger partial charge in [0.25, 0.3) is 0 Å². The number of primary amides is 1. The lowest BCUT2D eigenvalue weighted by molar-refractivity contribution is -0.123. The number of H-pyrrole nitrogens is 1. The predicted molar refractivity (Wildman–Crippen MR) is 133 cm³/mol. The number of carbonyl (C=O) groups is 1. The van der Waals surface area contributed by atoms with Gasteiger partial charge in [0.2, 0.25) is 5.91 Å². The number of nitrogens with two attached hydrogens (primary N) is 1. The summed E-state index contributed by atoms with van der Waals surface area (Å²) in [6.07, 6.45) is 3.50. The number of thiophene rings is 1. The maximum atomic E-state index is 11.5. The van der Waals surface area contributed by atoms with E-state index >= 15 is 0 Å². The summed E-state index contributed by atoms with van der Waals surface area (Å²) in [5, 5.41) is 8.26. The molecule has 1 amide bonds. The van der Waals surface area contributed by atoms with Crippen molar-refractivity contribution in [2.45, 2.75) is 19.4 Å². The van der Waals surface area contributed by atoms with Crippen molar-refractivity contribution in [2.75, 3.05) is 44.3 Å². The van der Waals surface area contributed by atoms with E-state index in [4.69, 9.17) is 20.4 Å². The zero-order valence-electron chi connectivity index (χ0n) is 18.9. The topological polar surface area (TPSA) is 113 Å². The second kappa shape index (κ2) is 8.94. The summed E-state index contributed by atoms with van der Waals surface area (Å²) in [4.78, 5) is 27.6. The zero-order valence-corrected chi connectivity index (χ0v) is 19.7. The number of benzene rings is 1. The molecular weight excluding hydrogens is 450 g/mol. The van der Waals surface area contributed by atoms with Crippen LogP contribution >= 0.6 is 11.3 Å². The number of nitrogens with zero attached hydrogens (tertiary/aromatic N) is 5. The zero-order chi connectivity index (χ0) is 23.1. The fourth-order valence-corrected chi connectivity index (χ4v) is 6.07. The molecule has 1 aromatic carbocycles. The summed E-state index contributed by atoms with van der Waals surface area (Å²) >= 11 is 1.77. The molecule has 0 spiro atoms. The van der Waals surface area contributed by atoms with Crippen molar-refractivity contribution in [1.29, 1.82) is 0 Å². The Morgan fingerprint density at radius 2 is 2.00 bits per heavy atom. The second-order valence-electron chi connectivity index (χ2n) is 8.99. The van der Waals surface area contributed by atoms with E-state index in [-0.39, 0.29) is 11.8 Å². The quantitative estimate of drug-likeness (QED) is 0.454. The smallest absolute Gasteiger partial charge is 0.220 e. The van der Waals surface area contributed by atoms with E-state index < -0.39 is 0 Å². The molecule has 2 fully saturated rings. The number of morpholine rings is 1. The van der Waals surface area contributed by atoms with Crippen LogP contribution in [0.2, 0.25) is 0 Å². The lowest BCUT2D eigenvalue weighted by Gasteiger charge is -2.30.